The zero-order valence-electron chi connectivity index (χ0n) is 7.11. The van der Waals surface area contributed by atoms with Crippen LogP contribution in [0.4, 0.5) is 0 Å². The van der Waals surface area contributed by atoms with Crippen molar-refractivity contribution in [3.05, 3.63) is 6.42 Å². The minimum atomic E-state index is 0.855. The highest BCUT2D eigenvalue weighted by molar-refractivity contribution is 4.34. The Hall–Kier alpha value is -0.0400. The highest BCUT2D eigenvalue weighted by atomic mass is 16.5. The van der Waals surface area contributed by atoms with Crippen LogP contribution in [0.25, 0.3) is 0 Å². The van der Waals surface area contributed by atoms with Gasteiger partial charge < -0.3 is 4.74 Å². The monoisotopic (exact) mass is 131 g/mol. The molecule has 0 atom stereocenters. The molecule has 0 rings (SSSR count). The molecule has 57 valence electrons. The van der Waals surface area contributed by atoms with Crippen molar-refractivity contribution >= 4 is 0 Å². The molecule has 9 heavy (non-hydrogen) atoms. The number of ether oxygens (including phenoxy) is 1. The average Bonchev–Trinajstić information content (AvgIpc) is 1.86. The lowest BCUT2D eigenvalue weighted by Crippen LogP contribution is -1.88. The van der Waals surface area contributed by atoms with E-state index in [0.29, 0.717) is 0 Å². The first kappa shape index (κ1) is 11.7. The minimum Gasteiger partial charge on any atom is -0.382 e. The molecule has 0 aromatic carbocycles. The van der Waals surface area contributed by atoms with Crippen LogP contribution in [0.15, 0.2) is 0 Å². The predicted octanol–water partition coefficient (Wildman–Crippen LogP) is 2.66. The molecule has 1 radical (unpaired) electrons. The largest absolute Gasteiger partial charge is 0.382 e. The van der Waals surface area contributed by atoms with Gasteiger partial charge in [-0.1, -0.05) is 20.8 Å². The van der Waals surface area contributed by atoms with Gasteiger partial charge in [0.05, 0.1) is 0 Å². The van der Waals surface area contributed by atoms with E-state index >= 15 is 0 Å². The summed E-state index contributed by atoms with van der Waals surface area (Å²) in [5.41, 5.74) is 0. The highest BCUT2D eigenvalue weighted by Gasteiger charge is 1.72. The Bertz CT molecular complexity index is 23.7. The van der Waals surface area contributed by atoms with E-state index in [2.05, 4.69) is 6.92 Å². The van der Waals surface area contributed by atoms with Gasteiger partial charge in [0, 0.05) is 13.2 Å². The zero-order chi connectivity index (χ0) is 7.54. The number of rotatable bonds is 3. The first-order chi connectivity index (χ1) is 4.33. The lowest BCUT2D eigenvalue weighted by atomic mass is 10.5. The van der Waals surface area contributed by atoms with Crippen LogP contribution in [0.2, 0.25) is 0 Å². The summed E-state index contributed by atoms with van der Waals surface area (Å²) in [5.74, 6) is 0. The Morgan fingerprint density at radius 3 is 1.78 bits per heavy atom. The first-order valence-corrected chi connectivity index (χ1v) is 3.65. The summed E-state index contributed by atoms with van der Waals surface area (Å²) in [6.45, 7) is 9.88. The van der Waals surface area contributed by atoms with Crippen molar-refractivity contribution in [3.63, 3.8) is 0 Å². The average molecular weight is 131 g/mol. The summed E-state index contributed by atoms with van der Waals surface area (Å²) in [6, 6.07) is 0. The maximum atomic E-state index is 4.98. The summed E-state index contributed by atoms with van der Waals surface area (Å²) in [4.78, 5) is 0. The molecule has 0 saturated carbocycles. The van der Waals surface area contributed by atoms with Gasteiger partial charge >= 0.3 is 0 Å². The predicted molar refractivity (Wildman–Crippen MR) is 42.4 cm³/mol. The van der Waals surface area contributed by atoms with E-state index in [0.717, 1.165) is 19.6 Å². The minimum absolute atomic E-state index is 0.855. The quantitative estimate of drug-likeness (QED) is 0.535. The summed E-state index contributed by atoms with van der Waals surface area (Å²) in [5, 5.41) is 0. The maximum absolute atomic E-state index is 4.98. The number of hydrogen-bond donors (Lipinski definition) is 0. The van der Waals surface area contributed by atoms with Crippen molar-refractivity contribution in [2.45, 2.75) is 34.1 Å². The Morgan fingerprint density at radius 1 is 1.22 bits per heavy atom. The van der Waals surface area contributed by atoms with Crippen LogP contribution in [0.5, 0.6) is 0 Å². The van der Waals surface area contributed by atoms with Crippen LogP contribution in [0.3, 0.4) is 0 Å². The fourth-order valence-corrected chi connectivity index (χ4v) is 0.289. The molecule has 0 aliphatic heterocycles. The molecule has 1 heteroatoms. The normalized spacial score (nSPS) is 8.00. The molecule has 0 aliphatic rings. The third-order valence-corrected chi connectivity index (χ3v) is 0.553. The van der Waals surface area contributed by atoms with Crippen LogP contribution < -0.4 is 0 Å². The van der Waals surface area contributed by atoms with E-state index in [4.69, 9.17) is 4.74 Å². The SMILES string of the molecule is CCCOCC.C[CH]C. The standard InChI is InChI=1S/C5H12O.C3H7/c1-3-5-6-4-2;1-3-2/h3-5H2,1-2H3;3H,1-2H3. The van der Waals surface area contributed by atoms with Crippen molar-refractivity contribution in [1.29, 1.82) is 0 Å². The second-order valence-corrected chi connectivity index (χ2v) is 1.77. The molecule has 0 fully saturated rings. The van der Waals surface area contributed by atoms with Gasteiger partial charge in [-0.15, -0.1) is 0 Å². The molecule has 0 saturated heterocycles. The van der Waals surface area contributed by atoms with Crippen molar-refractivity contribution in [2.24, 2.45) is 0 Å². The maximum Gasteiger partial charge on any atom is 0.0463 e. The van der Waals surface area contributed by atoms with Crippen molar-refractivity contribution in [2.75, 3.05) is 13.2 Å². The second kappa shape index (κ2) is 15.7. The van der Waals surface area contributed by atoms with E-state index in [1.807, 2.05) is 27.2 Å². The summed E-state index contributed by atoms with van der Waals surface area (Å²) in [7, 11) is 0. The van der Waals surface area contributed by atoms with E-state index in [9.17, 15) is 0 Å². The van der Waals surface area contributed by atoms with E-state index < -0.39 is 0 Å². The molecular formula is C8H19O. The van der Waals surface area contributed by atoms with Crippen molar-refractivity contribution in [1.82, 2.24) is 0 Å². The Labute approximate surface area is 59.4 Å². The van der Waals surface area contributed by atoms with Crippen LogP contribution >= 0.6 is 0 Å². The molecule has 0 bridgehead atoms. The van der Waals surface area contributed by atoms with Crippen LogP contribution in [0, 0.1) is 6.42 Å². The third-order valence-electron chi connectivity index (χ3n) is 0.553. The van der Waals surface area contributed by atoms with E-state index in [1.165, 1.54) is 0 Å². The van der Waals surface area contributed by atoms with Gasteiger partial charge in [-0.05, 0) is 19.8 Å². The Kier molecular flexibility index (Phi) is 20.4. The van der Waals surface area contributed by atoms with Gasteiger partial charge in [-0.25, -0.2) is 0 Å². The first-order valence-electron chi connectivity index (χ1n) is 3.65. The fourth-order valence-electron chi connectivity index (χ4n) is 0.289. The van der Waals surface area contributed by atoms with Gasteiger partial charge in [-0.2, -0.15) is 0 Å². The smallest absolute Gasteiger partial charge is 0.0463 e. The molecular weight excluding hydrogens is 112 g/mol. The Balaban J connectivity index is 0. The molecule has 0 aliphatic carbocycles. The lowest BCUT2D eigenvalue weighted by molar-refractivity contribution is 0.148. The molecule has 0 aromatic heterocycles. The Morgan fingerprint density at radius 2 is 1.67 bits per heavy atom. The summed E-state index contributed by atoms with van der Waals surface area (Å²) in [6.07, 6.45) is 3.13. The van der Waals surface area contributed by atoms with Gasteiger partial charge in [0.15, 0.2) is 0 Å². The molecule has 0 amide bonds. The van der Waals surface area contributed by atoms with Crippen LogP contribution in [-0.4, -0.2) is 13.2 Å². The van der Waals surface area contributed by atoms with Crippen LogP contribution in [0.1, 0.15) is 34.1 Å². The molecule has 0 N–H and O–H groups in total. The third kappa shape index (κ3) is 32.3. The molecule has 0 spiro atoms. The summed E-state index contributed by atoms with van der Waals surface area (Å²) >= 11 is 0. The van der Waals surface area contributed by atoms with Gasteiger partial charge in [0.2, 0.25) is 0 Å². The van der Waals surface area contributed by atoms with E-state index in [-0.39, 0.29) is 0 Å². The fraction of sp³-hybridized carbons (Fsp3) is 0.875. The summed E-state index contributed by atoms with van der Waals surface area (Å²) < 4.78 is 4.98. The lowest BCUT2D eigenvalue weighted by Gasteiger charge is -1.91. The molecule has 0 aromatic rings. The molecule has 1 nitrogen and oxygen atoms in total. The van der Waals surface area contributed by atoms with E-state index in [1.54, 1.807) is 0 Å². The second-order valence-electron chi connectivity index (χ2n) is 1.77. The van der Waals surface area contributed by atoms with Crippen LogP contribution in [-0.2, 0) is 4.74 Å². The number of hydrogen-bond acceptors (Lipinski definition) is 1. The topological polar surface area (TPSA) is 9.23 Å². The zero-order valence-corrected chi connectivity index (χ0v) is 7.11. The highest BCUT2D eigenvalue weighted by Crippen LogP contribution is 1.75. The molecule has 0 heterocycles. The van der Waals surface area contributed by atoms with Gasteiger partial charge in [-0.3, -0.25) is 0 Å². The van der Waals surface area contributed by atoms with Crippen molar-refractivity contribution < 1.29 is 4.74 Å². The van der Waals surface area contributed by atoms with Gasteiger partial charge in [0.25, 0.3) is 0 Å². The molecule has 0 unspecified atom stereocenters. The van der Waals surface area contributed by atoms with Gasteiger partial charge in [0.1, 0.15) is 0 Å². The van der Waals surface area contributed by atoms with Crippen molar-refractivity contribution in [3.8, 4) is 0 Å².